The lowest BCUT2D eigenvalue weighted by molar-refractivity contribution is 0.0810. The second-order valence-electron chi connectivity index (χ2n) is 6.66. The molecule has 0 aromatic heterocycles. The van der Waals surface area contributed by atoms with Crippen LogP contribution in [0.3, 0.4) is 0 Å². The van der Waals surface area contributed by atoms with Gasteiger partial charge in [-0.05, 0) is 30.7 Å². The molecule has 2 aliphatic rings. The third-order valence-corrected chi connectivity index (χ3v) is 5.15. The fourth-order valence-corrected chi connectivity index (χ4v) is 4.03. The Hall–Kier alpha value is -0.860. The van der Waals surface area contributed by atoms with E-state index >= 15 is 0 Å². The molecule has 1 aromatic carbocycles. The van der Waals surface area contributed by atoms with Crippen LogP contribution in [0.1, 0.15) is 38.2 Å². The number of nitrogens with zero attached hydrogens (tertiary/aromatic N) is 1. The summed E-state index contributed by atoms with van der Waals surface area (Å²) in [5.74, 6) is 0.888. The van der Waals surface area contributed by atoms with Gasteiger partial charge in [0, 0.05) is 31.7 Å². The van der Waals surface area contributed by atoms with E-state index in [2.05, 4.69) is 47.5 Å². The highest BCUT2D eigenvalue weighted by molar-refractivity contribution is 5.16. The smallest absolute Gasteiger partial charge is 0.0236 e. The van der Waals surface area contributed by atoms with E-state index in [1.54, 1.807) is 0 Å². The zero-order chi connectivity index (χ0) is 13.8. The molecule has 110 valence electrons. The van der Waals surface area contributed by atoms with Crippen molar-refractivity contribution < 1.29 is 0 Å². The number of rotatable bonds is 3. The molecular formula is C18H28N2. The summed E-state index contributed by atoms with van der Waals surface area (Å²) < 4.78 is 0. The Morgan fingerprint density at radius 2 is 1.95 bits per heavy atom. The Labute approximate surface area is 123 Å². The first-order chi connectivity index (χ1) is 9.83. The second-order valence-corrected chi connectivity index (χ2v) is 6.66. The predicted octanol–water partition coefficient (Wildman–Crippen LogP) is 3.08. The van der Waals surface area contributed by atoms with Gasteiger partial charge in [-0.1, -0.05) is 50.1 Å². The normalized spacial score (nSPS) is 32.1. The molecule has 0 spiro atoms. The van der Waals surface area contributed by atoms with Gasteiger partial charge in [-0.2, -0.15) is 0 Å². The molecule has 3 rings (SSSR count). The lowest BCUT2D eigenvalue weighted by Crippen LogP contribution is -2.56. The summed E-state index contributed by atoms with van der Waals surface area (Å²) in [6.07, 6.45) is 6.88. The highest BCUT2D eigenvalue weighted by Crippen LogP contribution is 2.28. The first kappa shape index (κ1) is 14.1. The number of piperazine rings is 1. The molecule has 2 fully saturated rings. The topological polar surface area (TPSA) is 15.3 Å². The van der Waals surface area contributed by atoms with Gasteiger partial charge in [-0.3, -0.25) is 4.90 Å². The summed E-state index contributed by atoms with van der Waals surface area (Å²) in [6.45, 7) is 6.07. The van der Waals surface area contributed by atoms with Gasteiger partial charge in [-0.25, -0.2) is 0 Å². The van der Waals surface area contributed by atoms with Crippen molar-refractivity contribution in [2.75, 3.05) is 19.6 Å². The monoisotopic (exact) mass is 272 g/mol. The maximum Gasteiger partial charge on any atom is 0.0236 e. The molecule has 0 radical (unpaired) electrons. The zero-order valence-corrected chi connectivity index (χ0v) is 12.7. The fourth-order valence-electron chi connectivity index (χ4n) is 4.03. The third kappa shape index (κ3) is 3.42. The maximum absolute atomic E-state index is 3.71. The van der Waals surface area contributed by atoms with Gasteiger partial charge in [0.2, 0.25) is 0 Å². The molecule has 1 N–H and O–H groups in total. The summed E-state index contributed by atoms with van der Waals surface area (Å²) >= 11 is 0. The molecule has 1 aromatic rings. The number of benzene rings is 1. The molecule has 1 aliphatic heterocycles. The number of hydrogen-bond donors (Lipinski definition) is 1. The van der Waals surface area contributed by atoms with Crippen LogP contribution in [0.25, 0.3) is 0 Å². The molecule has 20 heavy (non-hydrogen) atoms. The van der Waals surface area contributed by atoms with E-state index in [1.807, 2.05) is 0 Å². The molecule has 3 atom stereocenters. The standard InChI is InChI=1S/C18H28N2/c1-15-7-5-6-10-18(15)20-12-11-19-17(14-20)13-16-8-3-2-4-9-16/h2-4,8-9,15,17-19H,5-7,10-14H2,1H3. The van der Waals surface area contributed by atoms with Crippen LogP contribution < -0.4 is 5.32 Å². The van der Waals surface area contributed by atoms with Crippen LogP contribution in [0.2, 0.25) is 0 Å². The Balaban J connectivity index is 1.58. The van der Waals surface area contributed by atoms with Gasteiger partial charge in [-0.15, -0.1) is 0 Å². The average molecular weight is 272 g/mol. The van der Waals surface area contributed by atoms with Crippen molar-refractivity contribution in [3.05, 3.63) is 35.9 Å². The predicted molar refractivity (Wildman–Crippen MR) is 84.9 cm³/mol. The van der Waals surface area contributed by atoms with Crippen LogP contribution in [0.15, 0.2) is 30.3 Å². The molecule has 1 saturated carbocycles. The van der Waals surface area contributed by atoms with Crippen LogP contribution in [-0.2, 0) is 6.42 Å². The third-order valence-electron chi connectivity index (χ3n) is 5.15. The molecule has 1 saturated heterocycles. The summed E-state index contributed by atoms with van der Waals surface area (Å²) in [5, 5.41) is 3.71. The lowest BCUT2D eigenvalue weighted by Gasteiger charge is -2.43. The number of hydrogen-bond acceptors (Lipinski definition) is 2. The van der Waals surface area contributed by atoms with Gasteiger partial charge >= 0.3 is 0 Å². The van der Waals surface area contributed by atoms with E-state index in [0.717, 1.165) is 18.5 Å². The van der Waals surface area contributed by atoms with E-state index < -0.39 is 0 Å². The van der Waals surface area contributed by atoms with Crippen molar-refractivity contribution in [1.82, 2.24) is 10.2 Å². The molecule has 3 unspecified atom stereocenters. The molecular weight excluding hydrogens is 244 g/mol. The minimum Gasteiger partial charge on any atom is -0.311 e. The minimum atomic E-state index is 0.625. The van der Waals surface area contributed by atoms with Crippen molar-refractivity contribution in [1.29, 1.82) is 0 Å². The Kier molecular flexibility index (Phi) is 4.74. The van der Waals surface area contributed by atoms with E-state index in [0.29, 0.717) is 6.04 Å². The van der Waals surface area contributed by atoms with Gasteiger partial charge in [0.25, 0.3) is 0 Å². The summed E-state index contributed by atoms with van der Waals surface area (Å²) in [4.78, 5) is 2.77. The molecule has 0 bridgehead atoms. The van der Waals surface area contributed by atoms with Crippen LogP contribution in [0.5, 0.6) is 0 Å². The van der Waals surface area contributed by atoms with Crippen LogP contribution in [0.4, 0.5) is 0 Å². The van der Waals surface area contributed by atoms with Crippen molar-refractivity contribution >= 4 is 0 Å². The minimum absolute atomic E-state index is 0.625. The van der Waals surface area contributed by atoms with Gasteiger partial charge < -0.3 is 5.32 Å². The van der Waals surface area contributed by atoms with Gasteiger partial charge in [0.05, 0.1) is 0 Å². The highest BCUT2D eigenvalue weighted by atomic mass is 15.2. The van der Waals surface area contributed by atoms with Crippen molar-refractivity contribution in [2.45, 2.75) is 51.1 Å². The fraction of sp³-hybridized carbons (Fsp3) is 0.667. The summed E-state index contributed by atoms with van der Waals surface area (Å²) in [7, 11) is 0. The SMILES string of the molecule is CC1CCCCC1N1CCNC(Cc2ccccc2)C1. The van der Waals surface area contributed by atoms with Gasteiger partial charge in [0.15, 0.2) is 0 Å². The van der Waals surface area contributed by atoms with Crippen LogP contribution in [0, 0.1) is 5.92 Å². The first-order valence-corrected chi connectivity index (χ1v) is 8.34. The molecule has 2 nitrogen and oxygen atoms in total. The Morgan fingerprint density at radius 1 is 1.15 bits per heavy atom. The highest BCUT2D eigenvalue weighted by Gasteiger charge is 2.30. The Bertz CT molecular complexity index is 403. The largest absolute Gasteiger partial charge is 0.311 e. The van der Waals surface area contributed by atoms with E-state index in [9.17, 15) is 0 Å². The van der Waals surface area contributed by atoms with Crippen molar-refractivity contribution in [2.24, 2.45) is 5.92 Å². The zero-order valence-electron chi connectivity index (χ0n) is 12.7. The quantitative estimate of drug-likeness (QED) is 0.909. The molecule has 0 amide bonds. The van der Waals surface area contributed by atoms with Crippen LogP contribution >= 0.6 is 0 Å². The maximum atomic E-state index is 3.71. The van der Waals surface area contributed by atoms with E-state index in [4.69, 9.17) is 0 Å². The lowest BCUT2D eigenvalue weighted by atomic mass is 9.84. The van der Waals surface area contributed by atoms with Gasteiger partial charge in [0.1, 0.15) is 0 Å². The van der Waals surface area contributed by atoms with E-state index in [1.165, 1.54) is 50.8 Å². The molecule has 2 heteroatoms. The van der Waals surface area contributed by atoms with E-state index in [-0.39, 0.29) is 0 Å². The van der Waals surface area contributed by atoms with Crippen molar-refractivity contribution in [3.8, 4) is 0 Å². The molecule has 1 aliphatic carbocycles. The summed E-state index contributed by atoms with van der Waals surface area (Å²) in [6, 6.07) is 12.4. The first-order valence-electron chi connectivity index (χ1n) is 8.34. The molecule has 1 heterocycles. The average Bonchev–Trinajstić information content (AvgIpc) is 2.49. The van der Waals surface area contributed by atoms with Crippen LogP contribution in [-0.4, -0.2) is 36.6 Å². The number of nitrogens with one attached hydrogen (secondary N) is 1. The second kappa shape index (κ2) is 6.73. The Morgan fingerprint density at radius 3 is 2.75 bits per heavy atom. The summed E-state index contributed by atoms with van der Waals surface area (Å²) in [5.41, 5.74) is 1.46. The van der Waals surface area contributed by atoms with Crippen molar-refractivity contribution in [3.63, 3.8) is 0 Å².